The third kappa shape index (κ3) is 5.44. The zero-order valence-corrected chi connectivity index (χ0v) is 12.1. The van der Waals surface area contributed by atoms with Crippen molar-refractivity contribution in [2.24, 2.45) is 5.92 Å². The second-order valence-electron chi connectivity index (χ2n) is 5.14. The van der Waals surface area contributed by atoms with Crippen molar-refractivity contribution in [3.8, 4) is 5.75 Å². The van der Waals surface area contributed by atoms with E-state index in [1.165, 1.54) is 12.1 Å². The number of hydrogen-bond acceptors (Lipinski definition) is 5. The van der Waals surface area contributed by atoms with E-state index in [0.717, 1.165) is 0 Å². The van der Waals surface area contributed by atoms with E-state index in [9.17, 15) is 10.1 Å². The molecular formula is C14H22N2O4. The van der Waals surface area contributed by atoms with Crippen LogP contribution in [0.1, 0.15) is 27.2 Å². The number of anilines is 1. The quantitative estimate of drug-likeness (QED) is 0.565. The van der Waals surface area contributed by atoms with Crippen molar-refractivity contribution in [2.45, 2.75) is 33.3 Å². The molecule has 0 saturated heterocycles. The third-order valence-electron chi connectivity index (χ3n) is 2.75. The Morgan fingerprint density at radius 2 is 2.05 bits per heavy atom. The molecule has 6 nitrogen and oxygen atoms in total. The first kappa shape index (κ1) is 16.2. The maximum Gasteiger partial charge on any atom is 0.275 e. The summed E-state index contributed by atoms with van der Waals surface area (Å²) in [5, 5.41) is 22.9. The molecule has 0 heterocycles. The molecule has 0 saturated carbocycles. The lowest BCUT2D eigenvalue weighted by atomic mass is 10.1. The van der Waals surface area contributed by atoms with Crippen LogP contribution in [0.25, 0.3) is 0 Å². The normalized spacial score (nSPS) is 12.2. The molecule has 0 spiro atoms. The first-order valence-corrected chi connectivity index (χ1v) is 6.73. The Labute approximate surface area is 118 Å². The summed E-state index contributed by atoms with van der Waals surface area (Å²) in [6, 6.07) is 4.65. The number of non-ortho nitro benzene ring substituents is 1. The second kappa shape index (κ2) is 7.69. The van der Waals surface area contributed by atoms with Gasteiger partial charge in [0.25, 0.3) is 5.69 Å². The number of aliphatic hydroxyl groups excluding tert-OH is 1. The van der Waals surface area contributed by atoms with Crippen LogP contribution in [0.2, 0.25) is 0 Å². The first-order chi connectivity index (χ1) is 9.42. The summed E-state index contributed by atoms with van der Waals surface area (Å²) >= 11 is 0. The van der Waals surface area contributed by atoms with Gasteiger partial charge in [0.15, 0.2) is 0 Å². The topological polar surface area (TPSA) is 84.6 Å². The van der Waals surface area contributed by atoms with Gasteiger partial charge in [0.05, 0.1) is 17.1 Å². The molecule has 112 valence electrons. The molecule has 0 aliphatic heterocycles. The SMILES string of the molecule is CC(CCO)CNc1cc(OC(C)C)cc([N+](=O)[O-])c1. The number of ether oxygens (including phenoxy) is 1. The monoisotopic (exact) mass is 282 g/mol. The van der Waals surface area contributed by atoms with Crippen LogP contribution in [0.15, 0.2) is 18.2 Å². The molecule has 1 unspecified atom stereocenters. The Kier molecular flexibility index (Phi) is 6.24. The molecule has 0 aliphatic rings. The molecule has 0 aromatic heterocycles. The molecule has 1 aromatic rings. The van der Waals surface area contributed by atoms with Gasteiger partial charge in [0, 0.05) is 31.0 Å². The zero-order valence-electron chi connectivity index (χ0n) is 12.1. The predicted molar refractivity (Wildman–Crippen MR) is 78.2 cm³/mol. The highest BCUT2D eigenvalue weighted by molar-refractivity contribution is 5.56. The number of nitrogens with one attached hydrogen (secondary N) is 1. The van der Waals surface area contributed by atoms with Gasteiger partial charge in [-0.1, -0.05) is 6.92 Å². The fraction of sp³-hybridized carbons (Fsp3) is 0.571. The highest BCUT2D eigenvalue weighted by Crippen LogP contribution is 2.27. The Balaban J connectivity index is 2.83. The molecule has 0 amide bonds. The summed E-state index contributed by atoms with van der Waals surface area (Å²) in [6.45, 7) is 6.53. The first-order valence-electron chi connectivity index (χ1n) is 6.73. The van der Waals surface area contributed by atoms with E-state index in [1.54, 1.807) is 6.07 Å². The van der Waals surface area contributed by atoms with Gasteiger partial charge in [0.2, 0.25) is 0 Å². The molecule has 0 fully saturated rings. The molecule has 0 aliphatic carbocycles. The van der Waals surface area contributed by atoms with E-state index in [4.69, 9.17) is 9.84 Å². The maximum absolute atomic E-state index is 10.9. The van der Waals surface area contributed by atoms with E-state index >= 15 is 0 Å². The van der Waals surface area contributed by atoms with Crippen LogP contribution in [-0.4, -0.2) is 29.3 Å². The van der Waals surface area contributed by atoms with Crippen LogP contribution >= 0.6 is 0 Å². The molecule has 0 radical (unpaired) electrons. The number of hydrogen-bond donors (Lipinski definition) is 2. The molecule has 6 heteroatoms. The molecule has 1 rings (SSSR count). The molecule has 2 N–H and O–H groups in total. The largest absolute Gasteiger partial charge is 0.491 e. The number of nitro groups is 1. The number of nitro benzene ring substituents is 1. The summed E-state index contributed by atoms with van der Waals surface area (Å²) in [5.74, 6) is 0.764. The Morgan fingerprint density at radius 1 is 1.35 bits per heavy atom. The van der Waals surface area contributed by atoms with Crippen LogP contribution in [0, 0.1) is 16.0 Å². The van der Waals surface area contributed by atoms with Crippen LogP contribution in [-0.2, 0) is 0 Å². The molecule has 1 atom stereocenters. The summed E-state index contributed by atoms with van der Waals surface area (Å²) in [4.78, 5) is 10.5. The van der Waals surface area contributed by atoms with Crippen molar-refractivity contribution in [1.82, 2.24) is 0 Å². The van der Waals surface area contributed by atoms with Gasteiger partial charge in [0.1, 0.15) is 5.75 Å². The van der Waals surface area contributed by atoms with Crippen LogP contribution in [0.3, 0.4) is 0 Å². The number of aliphatic hydroxyl groups is 1. The highest BCUT2D eigenvalue weighted by atomic mass is 16.6. The van der Waals surface area contributed by atoms with Crippen molar-refractivity contribution in [3.05, 3.63) is 28.3 Å². The lowest BCUT2D eigenvalue weighted by molar-refractivity contribution is -0.384. The lowest BCUT2D eigenvalue weighted by Crippen LogP contribution is -2.13. The number of benzene rings is 1. The number of nitrogens with zero attached hydrogens (tertiary/aromatic N) is 1. The standard InChI is InChI=1S/C14H22N2O4/c1-10(2)20-14-7-12(6-13(8-14)16(18)19)15-9-11(3)4-5-17/h6-8,10-11,15,17H,4-5,9H2,1-3H3. The van der Waals surface area contributed by atoms with Gasteiger partial charge in [-0.15, -0.1) is 0 Å². The van der Waals surface area contributed by atoms with Gasteiger partial charge in [-0.2, -0.15) is 0 Å². The summed E-state index contributed by atoms with van der Waals surface area (Å²) in [7, 11) is 0. The second-order valence-corrected chi connectivity index (χ2v) is 5.14. The fourth-order valence-corrected chi connectivity index (χ4v) is 1.75. The minimum atomic E-state index is -0.435. The van der Waals surface area contributed by atoms with E-state index in [2.05, 4.69) is 5.32 Å². The minimum absolute atomic E-state index is 0.000427. The summed E-state index contributed by atoms with van der Waals surface area (Å²) < 4.78 is 5.52. The van der Waals surface area contributed by atoms with Crippen molar-refractivity contribution in [1.29, 1.82) is 0 Å². The summed E-state index contributed by atoms with van der Waals surface area (Å²) in [5.41, 5.74) is 0.653. The smallest absolute Gasteiger partial charge is 0.275 e. The predicted octanol–water partition coefficient (Wildman–Crippen LogP) is 2.81. The van der Waals surface area contributed by atoms with E-state index in [0.29, 0.717) is 24.4 Å². The van der Waals surface area contributed by atoms with Gasteiger partial charge >= 0.3 is 0 Å². The van der Waals surface area contributed by atoms with Gasteiger partial charge in [-0.25, -0.2) is 0 Å². The van der Waals surface area contributed by atoms with Crippen molar-refractivity contribution >= 4 is 11.4 Å². The van der Waals surface area contributed by atoms with Crippen molar-refractivity contribution < 1.29 is 14.8 Å². The Morgan fingerprint density at radius 3 is 2.60 bits per heavy atom. The molecule has 0 bridgehead atoms. The van der Waals surface area contributed by atoms with Gasteiger partial charge < -0.3 is 15.2 Å². The van der Waals surface area contributed by atoms with E-state index < -0.39 is 4.92 Å². The van der Waals surface area contributed by atoms with Gasteiger partial charge in [-0.05, 0) is 26.2 Å². The average Bonchev–Trinajstić information content (AvgIpc) is 2.35. The van der Waals surface area contributed by atoms with Gasteiger partial charge in [-0.3, -0.25) is 10.1 Å². The average molecular weight is 282 g/mol. The zero-order chi connectivity index (χ0) is 15.1. The Hall–Kier alpha value is -1.82. The number of rotatable bonds is 8. The third-order valence-corrected chi connectivity index (χ3v) is 2.75. The lowest BCUT2D eigenvalue weighted by Gasteiger charge is -2.14. The molecule has 1 aromatic carbocycles. The summed E-state index contributed by atoms with van der Waals surface area (Å²) in [6.07, 6.45) is 0.648. The van der Waals surface area contributed by atoms with Crippen LogP contribution < -0.4 is 10.1 Å². The fourth-order valence-electron chi connectivity index (χ4n) is 1.75. The van der Waals surface area contributed by atoms with Crippen molar-refractivity contribution in [2.75, 3.05) is 18.5 Å². The van der Waals surface area contributed by atoms with Crippen LogP contribution in [0.4, 0.5) is 11.4 Å². The maximum atomic E-state index is 10.9. The molecular weight excluding hydrogens is 260 g/mol. The van der Waals surface area contributed by atoms with Crippen LogP contribution in [0.5, 0.6) is 5.75 Å². The highest BCUT2D eigenvalue weighted by Gasteiger charge is 2.12. The van der Waals surface area contributed by atoms with E-state index in [1.807, 2.05) is 20.8 Å². The van der Waals surface area contributed by atoms with E-state index in [-0.39, 0.29) is 24.3 Å². The molecule has 20 heavy (non-hydrogen) atoms. The Bertz CT molecular complexity index is 449. The van der Waals surface area contributed by atoms with Crippen molar-refractivity contribution in [3.63, 3.8) is 0 Å². The minimum Gasteiger partial charge on any atom is -0.491 e.